The Morgan fingerprint density at radius 3 is 2.76 bits per heavy atom. The van der Waals surface area contributed by atoms with Crippen molar-refractivity contribution in [3.05, 3.63) is 41.9 Å². The zero-order chi connectivity index (χ0) is 16.6. The molecule has 3 rings (SSSR count). The van der Waals surface area contributed by atoms with Crippen LogP contribution in [0.25, 0.3) is 5.65 Å². The van der Waals surface area contributed by atoms with E-state index >= 15 is 0 Å². The van der Waals surface area contributed by atoms with Crippen LogP contribution in [0.15, 0.2) is 41.0 Å². The molecule has 7 heteroatoms. The van der Waals surface area contributed by atoms with Crippen LogP contribution < -0.4 is 10.6 Å². The Hall–Kier alpha value is -1.64. The lowest BCUT2D eigenvalue weighted by molar-refractivity contribution is 0.664. The molecule has 0 atom stereocenters. The van der Waals surface area contributed by atoms with E-state index in [1.165, 1.54) is 25.7 Å². The van der Waals surface area contributed by atoms with Gasteiger partial charge in [-0.15, -0.1) is 34.2 Å². The van der Waals surface area contributed by atoms with E-state index in [4.69, 9.17) is 0 Å². The lowest BCUT2D eigenvalue weighted by atomic mass is 9.97. The first-order valence-corrected chi connectivity index (χ1v) is 8.78. The number of hydrogen-bond acceptors (Lipinski definition) is 3. The van der Waals surface area contributed by atoms with E-state index in [0.717, 1.165) is 43.4 Å². The Morgan fingerprint density at radius 1 is 1.16 bits per heavy atom. The molecule has 0 saturated carbocycles. The first-order chi connectivity index (χ1) is 11.9. The van der Waals surface area contributed by atoms with E-state index in [1.54, 1.807) is 5.57 Å². The summed E-state index contributed by atoms with van der Waals surface area (Å²) in [5.74, 6) is 1.81. The predicted octanol–water partition coefficient (Wildman–Crippen LogP) is 2.95. The number of nitrogens with one attached hydrogen (secondary N) is 2. The minimum atomic E-state index is 0. The van der Waals surface area contributed by atoms with Gasteiger partial charge in [0.15, 0.2) is 11.6 Å². The molecule has 1 aliphatic carbocycles. The highest BCUT2D eigenvalue weighted by Crippen LogP contribution is 2.19. The average Bonchev–Trinajstić information content (AvgIpc) is 3.04. The normalized spacial score (nSPS) is 14.8. The fourth-order valence-corrected chi connectivity index (χ4v) is 3.05. The maximum Gasteiger partial charge on any atom is 0.191 e. The number of hydrogen-bond donors (Lipinski definition) is 2. The molecule has 0 bridgehead atoms. The maximum atomic E-state index is 4.28. The fourth-order valence-electron chi connectivity index (χ4n) is 3.05. The van der Waals surface area contributed by atoms with Crippen molar-refractivity contribution >= 4 is 35.6 Å². The van der Waals surface area contributed by atoms with Crippen LogP contribution in [0, 0.1) is 0 Å². The predicted molar refractivity (Wildman–Crippen MR) is 113 cm³/mol. The molecule has 25 heavy (non-hydrogen) atoms. The van der Waals surface area contributed by atoms with Crippen molar-refractivity contribution in [1.82, 2.24) is 25.2 Å². The summed E-state index contributed by atoms with van der Waals surface area (Å²) in [4.78, 5) is 4.28. The smallest absolute Gasteiger partial charge is 0.191 e. The van der Waals surface area contributed by atoms with Gasteiger partial charge in [0, 0.05) is 32.8 Å². The van der Waals surface area contributed by atoms with Crippen LogP contribution in [-0.4, -0.2) is 40.7 Å². The molecule has 2 aromatic rings. The van der Waals surface area contributed by atoms with Gasteiger partial charge in [0.1, 0.15) is 5.82 Å². The van der Waals surface area contributed by atoms with Gasteiger partial charge in [0.2, 0.25) is 0 Å². The SMILES string of the molecule is CN=C(NCCC1=CCCCC1)NCCc1nnc2ccccn12.I. The molecule has 0 saturated heterocycles. The van der Waals surface area contributed by atoms with Crippen LogP contribution in [0.3, 0.4) is 0 Å². The summed E-state index contributed by atoms with van der Waals surface area (Å²) in [5.41, 5.74) is 2.47. The number of halogens is 1. The minimum absolute atomic E-state index is 0. The first-order valence-electron chi connectivity index (χ1n) is 8.78. The molecular weight excluding hydrogens is 427 g/mol. The third kappa shape index (κ3) is 5.69. The van der Waals surface area contributed by atoms with E-state index in [1.807, 2.05) is 35.8 Å². The highest BCUT2D eigenvalue weighted by Gasteiger charge is 2.06. The first kappa shape index (κ1) is 19.7. The lowest BCUT2D eigenvalue weighted by Crippen LogP contribution is -2.39. The number of fused-ring (bicyclic) bond motifs is 1. The van der Waals surface area contributed by atoms with Gasteiger partial charge in [-0.3, -0.25) is 9.39 Å². The molecule has 2 N–H and O–H groups in total. The Morgan fingerprint density at radius 2 is 2.00 bits per heavy atom. The quantitative estimate of drug-likeness (QED) is 0.305. The van der Waals surface area contributed by atoms with Crippen molar-refractivity contribution in [1.29, 1.82) is 0 Å². The molecule has 1 aliphatic rings. The summed E-state index contributed by atoms with van der Waals surface area (Å²) in [6.45, 7) is 1.71. The van der Waals surface area contributed by atoms with E-state index in [-0.39, 0.29) is 24.0 Å². The number of allylic oxidation sites excluding steroid dienone is 1. The Labute approximate surface area is 166 Å². The van der Waals surface area contributed by atoms with E-state index in [0.29, 0.717) is 0 Å². The number of pyridine rings is 1. The second-order valence-electron chi connectivity index (χ2n) is 6.08. The van der Waals surface area contributed by atoms with Crippen LogP contribution in [0.5, 0.6) is 0 Å². The van der Waals surface area contributed by atoms with Gasteiger partial charge in [-0.2, -0.15) is 0 Å². The molecule has 0 aromatic carbocycles. The summed E-state index contributed by atoms with van der Waals surface area (Å²) >= 11 is 0. The largest absolute Gasteiger partial charge is 0.356 e. The third-order valence-electron chi connectivity index (χ3n) is 4.37. The van der Waals surface area contributed by atoms with Crippen LogP contribution in [-0.2, 0) is 6.42 Å². The molecule has 2 heterocycles. The summed E-state index contributed by atoms with van der Waals surface area (Å²) in [5, 5.41) is 15.2. The minimum Gasteiger partial charge on any atom is -0.356 e. The van der Waals surface area contributed by atoms with Crippen LogP contribution >= 0.6 is 24.0 Å². The summed E-state index contributed by atoms with van der Waals surface area (Å²) < 4.78 is 2.02. The maximum absolute atomic E-state index is 4.28. The molecular formula is C18H27IN6. The van der Waals surface area contributed by atoms with Gasteiger partial charge in [0.05, 0.1) is 0 Å². The van der Waals surface area contributed by atoms with Crippen molar-refractivity contribution in [2.75, 3.05) is 20.1 Å². The average molecular weight is 454 g/mol. The van der Waals surface area contributed by atoms with Crippen LogP contribution in [0.2, 0.25) is 0 Å². The summed E-state index contributed by atoms with van der Waals surface area (Å²) in [7, 11) is 1.81. The zero-order valence-electron chi connectivity index (χ0n) is 14.7. The molecule has 0 unspecified atom stereocenters. The molecule has 136 valence electrons. The second kappa shape index (κ2) is 10.4. The molecule has 0 radical (unpaired) electrons. The van der Waals surface area contributed by atoms with Gasteiger partial charge < -0.3 is 10.6 Å². The summed E-state index contributed by atoms with van der Waals surface area (Å²) in [6.07, 6.45) is 11.5. The van der Waals surface area contributed by atoms with Crippen molar-refractivity contribution < 1.29 is 0 Å². The molecule has 0 spiro atoms. The van der Waals surface area contributed by atoms with E-state index < -0.39 is 0 Å². The molecule has 0 amide bonds. The van der Waals surface area contributed by atoms with E-state index in [9.17, 15) is 0 Å². The third-order valence-corrected chi connectivity index (χ3v) is 4.37. The number of rotatable bonds is 6. The van der Waals surface area contributed by atoms with Crippen molar-refractivity contribution in [3.63, 3.8) is 0 Å². The zero-order valence-corrected chi connectivity index (χ0v) is 17.1. The monoisotopic (exact) mass is 454 g/mol. The van der Waals surface area contributed by atoms with Gasteiger partial charge in [-0.1, -0.05) is 17.7 Å². The topological polar surface area (TPSA) is 66.6 Å². The van der Waals surface area contributed by atoms with E-state index in [2.05, 4.69) is 31.9 Å². The molecule has 0 fully saturated rings. The van der Waals surface area contributed by atoms with Gasteiger partial charge in [0.25, 0.3) is 0 Å². The number of aromatic nitrogens is 3. The van der Waals surface area contributed by atoms with Crippen LogP contribution in [0.1, 0.15) is 37.9 Å². The Balaban J connectivity index is 0.00000225. The fraction of sp³-hybridized carbons (Fsp3) is 0.500. The Bertz CT molecular complexity index is 721. The van der Waals surface area contributed by atoms with Crippen LogP contribution in [0.4, 0.5) is 0 Å². The van der Waals surface area contributed by atoms with Gasteiger partial charge in [-0.25, -0.2) is 0 Å². The highest BCUT2D eigenvalue weighted by molar-refractivity contribution is 14.0. The molecule has 6 nitrogen and oxygen atoms in total. The van der Waals surface area contributed by atoms with Gasteiger partial charge in [-0.05, 0) is 44.2 Å². The standard InChI is InChI=1S/C18H26N6.HI/c1-19-18(20-12-10-15-7-3-2-4-8-15)21-13-11-17-23-22-16-9-5-6-14-24(16)17;/h5-7,9,14H,2-4,8,10-13H2,1H3,(H2,19,20,21);1H. The number of nitrogens with zero attached hydrogens (tertiary/aromatic N) is 4. The number of aliphatic imine (C=N–C) groups is 1. The van der Waals surface area contributed by atoms with Gasteiger partial charge >= 0.3 is 0 Å². The highest BCUT2D eigenvalue weighted by atomic mass is 127. The summed E-state index contributed by atoms with van der Waals surface area (Å²) in [6, 6.07) is 5.93. The lowest BCUT2D eigenvalue weighted by Gasteiger charge is -2.15. The Kier molecular flexibility index (Phi) is 8.17. The van der Waals surface area contributed by atoms with Crippen molar-refractivity contribution in [2.24, 2.45) is 4.99 Å². The molecule has 0 aliphatic heterocycles. The van der Waals surface area contributed by atoms with Crippen molar-refractivity contribution in [3.8, 4) is 0 Å². The molecule has 2 aromatic heterocycles. The number of guanidine groups is 1. The van der Waals surface area contributed by atoms with Crippen molar-refractivity contribution in [2.45, 2.75) is 38.5 Å². The second-order valence-corrected chi connectivity index (χ2v) is 6.08.